The second kappa shape index (κ2) is 7.77. The molecule has 0 spiro atoms. The van der Waals surface area contributed by atoms with Crippen LogP contribution in [0, 0.1) is 23.7 Å². The Labute approximate surface area is 165 Å². The number of rotatable bonds is 7. The number of fused-ring (bicyclic) bond motifs is 5. The van der Waals surface area contributed by atoms with Gasteiger partial charge in [0.15, 0.2) is 5.96 Å². The number of allylic oxidation sites excluding steroid dienone is 2. The number of likely N-dealkylation sites (tertiary alicyclic amines) is 1. The van der Waals surface area contributed by atoms with Crippen molar-refractivity contribution in [3.05, 3.63) is 30.1 Å². The Morgan fingerprint density at radius 1 is 1.18 bits per heavy atom. The Bertz CT molecular complexity index is 783. The number of imide groups is 1. The monoisotopic (exact) mass is 384 g/mol. The highest BCUT2D eigenvalue weighted by Gasteiger charge is 2.58. The molecule has 1 saturated carbocycles. The van der Waals surface area contributed by atoms with E-state index in [0.717, 1.165) is 25.8 Å². The number of carbonyl (C=O) groups excluding carboxylic acids is 2. The summed E-state index contributed by atoms with van der Waals surface area (Å²) >= 11 is 0. The van der Waals surface area contributed by atoms with Gasteiger partial charge in [0.25, 0.3) is 0 Å². The summed E-state index contributed by atoms with van der Waals surface area (Å²) in [6.07, 6.45) is 11.0. The van der Waals surface area contributed by atoms with E-state index in [1.807, 2.05) is 19.4 Å². The van der Waals surface area contributed by atoms with Gasteiger partial charge in [0, 0.05) is 39.9 Å². The van der Waals surface area contributed by atoms with Crippen LogP contribution in [0.25, 0.3) is 0 Å². The molecule has 2 aliphatic carbocycles. The summed E-state index contributed by atoms with van der Waals surface area (Å²) in [7, 11) is 3.63. The van der Waals surface area contributed by atoms with Crippen molar-refractivity contribution in [2.24, 2.45) is 35.7 Å². The smallest absolute Gasteiger partial charge is 0.233 e. The zero-order valence-corrected chi connectivity index (χ0v) is 16.5. The first-order valence-electron chi connectivity index (χ1n) is 10.0. The molecule has 28 heavy (non-hydrogen) atoms. The second-order valence-electron chi connectivity index (χ2n) is 7.88. The van der Waals surface area contributed by atoms with E-state index < -0.39 is 0 Å². The normalized spacial score (nSPS) is 28.4. The SMILES string of the molecule is CN=C(NCCCc1cnn(C)c1)NCCN1C(=O)C2C3C=CC(C3)C2C1=O. The predicted octanol–water partition coefficient (Wildman–Crippen LogP) is 0.325. The number of aromatic nitrogens is 2. The molecule has 1 aromatic rings. The van der Waals surface area contributed by atoms with Crippen molar-refractivity contribution in [3.63, 3.8) is 0 Å². The largest absolute Gasteiger partial charge is 0.356 e. The fourth-order valence-corrected chi connectivity index (χ4v) is 4.79. The van der Waals surface area contributed by atoms with Crippen LogP contribution in [0.4, 0.5) is 0 Å². The van der Waals surface area contributed by atoms with Crippen LogP contribution < -0.4 is 10.6 Å². The molecule has 2 amide bonds. The number of nitrogens with zero attached hydrogens (tertiary/aromatic N) is 4. The lowest BCUT2D eigenvalue weighted by atomic mass is 9.85. The highest BCUT2D eigenvalue weighted by molar-refractivity contribution is 6.06. The third-order valence-electron chi connectivity index (χ3n) is 6.11. The molecule has 1 saturated heterocycles. The topological polar surface area (TPSA) is 91.6 Å². The van der Waals surface area contributed by atoms with Crippen LogP contribution in [0.5, 0.6) is 0 Å². The summed E-state index contributed by atoms with van der Waals surface area (Å²) in [4.78, 5) is 31.0. The van der Waals surface area contributed by atoms with E-state index in [9.17, 15) is 9.59 Å². The van der Waals surface area contributed by atoms with Gasteiger partial charge in [-0.2, -0.15) is 5.10 Å². The third kappa shape index (κ3) is 3.43. The molecule has 1 aromatic heterocycles. The number of aryl methyl sites for hydroxylation is 2. The van der Waals surface area contributed by atoms with Gasteiger partial charge < -0.3 is 10.6 Å². The predicted molar refractivity (Wildman–Crippen MR) is 105 cm³/mol. The summed E-state index contributed by atoms with van der Waals surface area (Å²) in [5, 5.41) is 10.6. The van der Waals surface area contributed by atoms with E-state index in [1.54, 1.807) is 11.7 Å². The minimum atomic E-state index is -0.118. The number of aliphatic imine (C=N–C) groups is 1. The van der Waals surface area contributed by atoms with Crippen LogP contribution >= 0.6 is 0 Å². The molecule has 150 valence electrons. The molecule has 4 unspecified atom stereocenters. The van der Waals surface area contributed by atoms with Gasteiger partial charge in [0.05, 0.1) is 18.0 Å². The molecule has 0 radical (unpaired) electrons. The summed E-state index contributed by atoms with van der Waals surface area (Å²) in [5.41, 5.74) is 1.22. The lowest BCUT2D eigenvalue weighted by molar-refractivity contribution is -0.140. The molecule has 4 atom stereocenters. The Morgan fingerprint density at radius 3 is 2.46 bits per heavy atom. The summed E-state index contributed by atoms with van der Waals surface area (Å²) in [5.74, 6) is 0.991. The fourth-order valence-electron chi connectivity index (χ4n) is 4.79. The Kier molecular flexibility index (Phi) is 5.19. The molecular weight excluding hydrogens is 356 g/mol. The summed E-state index contributed by atoms with van der Waals surface area (Å²) in [6, 6.07) is 0. The van der Waals surface area contributed by atoms with Crippen molar-refractivity contribution >= 4 is 17.8 Å². The molecule has 2 fully saturated rings. The Balaban J connectivity index is 1.19. The van der Waals surface area contributed by atoms with Gasteiger partial charge in [-0.15, -0.1) is 0 Å². The van der Waals surface area contributed by atoms with Crippen molar-refractivity contribution < 1.29 is 9.59 Å². The average molecular weight is 384 g/mol. The number of hydrogen-bond acceptors (Lipinski definition) is 4. The minimum absolute atomic E-state index is 0.00747. The number of hydrogen-bond donors (Lipinski definition) is 2. The first kappa shape index (κ1) is 18.7. The zero-order valence-electron chi connectivity index (χ0n) is 16.5. The zero-order chi connectivity index (χ0) is 19.7. The van der Waals surface area contributed by atoms with Gasteiger partial charge in [-0.05, 0) is 36.7 Å². The van der Waals surface area contributed by atoms with E-state index in [2.05, 4.69) is 32.9 Å². The molecule has 0 aromatic carbocycles. The molecule has 8 heteroatoms. The third-order valence-corrected chi connectivity index (χ3v) is 6.11. The standard InChI is InChI=1S/C20H28N6O2/c1-21-20(22-7-3-4-13-11-24-25(2)12-13)23-8-9-26-18(27)16-14-5-6-15(10-14)17(16)19(26)28/h5-6,11-12,14-17H,3-4,7-10H2,1-2H3,(H2,21,22,23). The fraction of sp³-hybridized carbons (Fsp3) is 0.600. The van der Waals surface area contributed by atoms with Crippen molar-refractivity contribution in [1.82, 2.24) is 25.3 Å². The molecule has 1 aliphatic heterocycles. The van der Waals surface area contributed by atoms with Crippen molar-refractivity contribution in [2.75, 3.05) is 26.7 Å². The maximum Gasteiger partial charge on any atom is 0.233 e. The van der Waals surface area contributed by atoms with Crippen molar-refractivity contribution in [3.8, 4) is 0 Å². The number of amides is 2. The number of nitrogens with one attached hydrogen (secondary N) is 2. The average Bonchev–Trinajstić information content (AvgIpc) is 3.44. The summed E-state index contributed by atoms with van der Waals surface area (Å²) in [6.45, 7) is 1.68. The van der Waals surface area contributed by atoms with Crippen LogP contribution in [0.1, 0.15) is 18.4 Å². The van der Waals surface area contributed by atoms with Gasteiger partial charge >= 0.3 is 0 Å². The van der Waals surface area contributed by atoms with Crippen LogP contribution in [-0.4, -0.2) is 59.1 Å². The van der Waals surface area contributed by atoms with Crippen LogP contribution in [0.2, 0.25) is 0 Å². The maximum absolute atomic E-state index is 12.7. The number of guanidine groups is 1. The molecule has 3 aliphatic rings. The lowest BCUT2D eigenvalue weighted by Gasteiger charge is -2.18. The van der Waals surface area contributed by atoms with E-state index in [0.29, 0.717) is 19.0 Å². The highest BCUT2D eigenvalue weighted by atomic mass is 16.2. The van der Waals surface area contributed by atoms with E-state index in [-0.39, 0.29) is 35.5 Å². The summed E-state index contributed by atoms with van der Waals surface area (Å²) < 4.78 is 1.81. The lowest BCUT2D eigenvalue weighted by Crippen LogP contribution is -2.44. The molecule has 4 rings (SSSR count). The van der Waals surface area contributed by atoms with Gasteiger partial charge in [0.2, 0.25) is 11.8 Å². The van der Waals surface area contributed by atoms with E-state index >= 15 is 0 Å². The first-order chi connectivity index (χ1) is 13.6. The van der Waals surface area contributed by atoms with Gasteiger partial charge in [0.1, 0.15) is 0 Å². The molecule has 2 bridgehead atoms. The van der Waals surface area contributed by atoms with E-state index in [1.165, 1.54) is 10.5 Å². The molecule has 2 N–H and O–H groups in total. The Hall–Kier alpha value is -2.64. The number of carbonyl (C=O) groups is 2. The molecule has 2 heterocycles. The minimum Gasteiger partial charge on any atom is -0.356 e. The van der Waals surface area contributed by atoms with Gasteiger partial charge in [-0.1, -0.05) is 12.2 Å². The van der Waals surface area contributed by atoms with Crippen LogP contribution in [0.3, 0.4) is 0 Å². The van der Waals surface area contributed by atoms with Crippen molar-refractivity contribution in [1.29, 1.82) is 0 Å². The Morgan fingerprint density at radius 2 is 1.86 bits per heavy atom. The van der Waals surface area contributed by atoms with Crippen molar-refractivity contribution in [2.45, 2.75) is 19.3 Å². The maximum atomic E-state index is 12.7. The van der Waals surface area contributed by atoms with Gasteiger partial charge in [-0.25, -0.2) is 0 Å². The quantitative estimate of drug-likeness (QED) is 0.232. The van der Waals surface area contributed by atoms with Crippen LogP contribution in [0.15, 0.2) is 29.5 Å². The molecular formula is C20H28N6O2. The molecule has 8 nitrogen and oxygen atoms in total. The van der Waals surface area contributed by atoms with E-state index in [4.69, 9.17) is 0 Å². The highest BCUT2D eigenvalue weighted by Crippen LogP contribution is 2.52. The van der Waals surface area contributed by atoms with Crippen LogP contribution in [-0.2, 0) is 23.1 Å². The second-order valence-corrected chi connectivity index (χ2v) is 7.88. The van der Waals surface area contributed by atoms with Gasteiger partial charge in [-0.3, -0.25) is 24.2 Å². The first-order valence-corrected chi connectivity index (χ1v) is 10.0.